The van der Waals surface area contributed by atoms with E-state index in [0.29, 0.717) is 5.92 Å². The summed E-state index contributed by atoms with van der Waals surface area (Å²) in [5, 5.41) is -0.186. The summed E-state index contributed by atoms with van der Waals surface area (Å²) in [6, 6.07) is 10.3. The van der Waals surface area contributed by atoms with E-state index in [0.717, 1.165) is 31.4 Å². The SMILES string of the molecule is CS(=O)(=O)C1CCCC(C(N)CSc2ccccc2)C1. The average Bonchev–Trinajstić information content (AvgIpc) is 2.45. The molecule has 2 rings (SSSR count). The van der Waals surface area contributed by atoms with E-state index in [9.17, 15) is 8.42 Å². The Kier molecular flexibility index (Phi) is 5.52. The smallest absolute Gasteiger partial charge is 0.150 e. The first kappa shape index (κ1) is 15.9. The van der Waals surface area contributed by atoms with Gasteiger partial charge in [0.2, 0.25) is 0 Å². The predicted molar refractivity (Wildman–Crippen MR) is 85.7 cm³/mol. The van der Waals surface area contributed by atoms with Gasteiger partial charge in [-0.25, -0.2) is 8.42 Å². The molecule has 2 N–H and O–H groups in total. The second-order valence-corrected chi connectivity index (χ2v) is 9.09. The zero-order chi connectivity index (χ0) is 14.6. The first-order valence-corrected chi connectivity index (χ1v) is 10.0. The zero-order valence-corrected chi connectivity index (χ0v) is 13.5. The second-order valence-electron chi connectivity index (χ2n) is 5.67. The van der Waals surface area contributed by atoms with E-state index in [1.807, 2.05) is 18.2 Å². The Morgan fingerprint density at radius 1 is 1.30 bits per heavy atom. The van der Waals surface area contributed by atoms with Crippen LogP contribution >= 0.6 is 11.8 Å². The number of thioether (sulfide) groups is 1. The van der Waals surface area contributed by atoms with Crippen molar-refractivity contribution in [2.24, 2.45) is 11.7 Å². The van der Waals surface area contributed by atoms with Crippen molar-refractivity contribution in [3.63, 3.8) is 0 Å². The van der Waals surface area contributed by atoms with Gasteiger partial charge in [0.1, 0.15) is 9.84 Å². The van der Waals surface area contributed by atoms with Gasteiger partial charge in [-0.05, 0) is 37.3 Å². The van der Waals surface area contributed by atoms with Crippen molar-refractivity contribution >= 4 is 21.6 Å². The average molecular weight is 313 g/mol. The maximum Gasteiger partial charge on any atom is 0.150 e. The highest BCUT2D eigenvalue weighted by Crippen LogP contribution is 2.31. The molecule has 1 saturated carbocycles. The summed E-state index contributed by atoms with van der Waals surface area (Å²) in [6.07, 6.45) is 4.92. The van der Waals surface area contributed by atoms with Gasteiger partial charge >= 0.3 is 0 Å². The molecular weight excluding hydrogens is 290 g/mol. The first-order chi connectivity index (χ1) is 9.47. The van der Waals surface area contributed by atoms with E-state index in [-0.39, 0.29) is 11.3 Å². The molecular formula is C15H23NO2S2. The van der Waals surface area contributed by atoms with Gasteiger partial charge in [0.15, 0.2) is 0 Å². The molecule has 0 saturated heterocycles. The first-order valence-electron chi connectivity index (χ1n) is 7.09. The third-order valence-corrected chi connectivity index (χ3v) is 6.86. The summed E-state index contributed by atoms with van der Waals surface area (Å²) < 4.78 is 23.4. The van der Waals surface area contributed by atoms with Crippen molar-refractivity contribution in [2.45, 2.75) is 41.9 Å². The van der Waals surface area contributed by atoms with Crippen LogP contribution in [0.5, 0.6) is 0 Å². The minimum absolute atomic E-state index is 0.0738. The van der Waals surface area contributed by atoms with Crippen LogP contribution in [0.4, 0.5) is 0 Å². The molecule has 5 heteroatoms. The summed E-state index contributed by atoms with van der Waals surface area (Å²) in [5.41, 5.74) is 6.29. The molecule has 1 fully saturated rings. The van der Waals surface area contributed by atoms with Crippen LogP contribution in [0.25, 0.3) is 0 Å². The van der Waals surface area contributed by atoms with Crippen LogP contribution in [0, 0.1) is 5.92 Å². The number of sulfone groups is 1. The Labute approximate surface area is 126 Å². The third-order valence-electron chi connectivity index (χ3n) is 4.06. The number of hydrogen-bond donors (Lipinski definition) is 1. The lowest BCUT2D eigenvalue weighted by Crippen LogP contribution is -2.39. The number of benzene rings is 1. The molecule has 1 aliphatic rings. The summed E-state index contributed by atoms with van der Waals surface area (Å²) in [7, 11) is -2.92. The normalized spacial score (nSPS) is 25.3. The van der Waals surface area contributed by atoms with E-state index in [1.165, 1.54) is 11.2 Å². The monoisotopic (exact) mass is 313 g/mol. The molecule has 0 spiro atoms. The fraction of sp³-hybridized carbons (Fsp3) is 0.600. The Bertz CT molecular complexity index is 516. The highest BCUT2D eigenvalue weighted by Gasteiger charge is 2.31. The standard InChI is InChI=1S/C15H23NO2S2/c1-20(17,18)14-9-5-6-12(10-14)15(16)11-19-13-7-3-2-4-8-13/h2-4,7-8,12,14-15H,5-6,9-11,16H2,1H3. The lowest BCUT2D eigenvalue weighted by atomic mass is 9.84. The number of nitrogens with two attached hydrogens (primary N) is 1. The highest BCUT2D eigenvalue weighted by molar-refractivity contribution is 7.99. The zero-order valence-electron chi connectivity index (χ0n) is 11.9. The number of hydrogen-bond acceptors (Lipinski definition) is 4. The molecule has 3 atom stereocenters. The third kappa shape index (κ3) is 4.50. The van der Waals surface area contributed by atoms with Gasteiger partial charge in [-0.1, -0.05) is 24.6 Å². The van der Waals surface area contributed by atoms with Gasteiger partial charge in [-0.15, -0.1) is 11.8 Å². The molecule has 3 nitrogen and oxygen atoms in total. The maximum atomic E-state index is 11.7. The lowest BCUT2D eigenvalue weighted by molar-refractivity contribution is 0.319. The molecule has 112 valence electrons. The number of rotatable bonds is 5. The topological polar surface area (TPSA) is 60.2 Å². The quantitative estimate of drug-likeness (QED) is 0.849. The van der Waals surface area contributed by atoms with E-state index >= 15 is 0 Å². The maximum absolute atomic E-state index is 11.7. The van der Waals surface area contributed by atoms with Crippen LogP contribution in [0.2, 0.25) is 0 Å². The minimum atomic E-state index is -2.92. The van der Waals surface area contributed by atoms with Gasteiger partial charge in [-0.2, -0.15) is 0 Å². The fourth-order valence-electron chi connectivity index (χ4n) is 2.80. The van der Waals surface area contributed by atoms with E-state index < -0.39 is 9.84 Å². The lowest BCUT2D eigenvalue weighted by Gasteiger charge is -2.31. The molecule has 20 heavy (non-hydrogen) atoms. The largest absolute Gasteiger partial charge is 0.327 e. The molecule has 1 aromatic carbocycles. The van der Waals surface area contributed by atoms with Crippen LogP contribution in [0.3, 0.4) is 0 Å². The van der Waals surface area contributed by atoms with Gasteiger partial charge in [0, 0.05) is 22.9 Å². The second kappa shape index (κ2) is 6.96. The van der Waals surface area contributed by atoms with Gasteiger partial charge < -0.3 is 5.73 Å². The van der Waals surface area contributed by atoms with E-state index in [1.54, 1.807) is 11.8 Å². The summed E-state index contributed by atoms with van der Waals surface area (Å²) in [5.74, 6) is 1.19. The van der Waals surface area contributed by atoms with Crippen LogP contribution in [-0.4, -0.2) is 31.7 Å². The Morgan fingerprint density at radius 2 is 2.00 bits per heavy atom. The summed E-state index contributed by atoms with van der Waals surface area (Å²) in [4.78, 5) is 1.22. The van der Waals surface area contributed by atoms with Crippen LogP contribution < -0.4 is 5.73 Å². The van der Waals surface area contributed by atoms with Crippen LogP contribution in [0.15, 0.2) is 35.2 Å². The van der Waals surface area contributed by atoms with Gasteiger partial charge in [0.05, 0.1) is 5.25 Å². The Hall–Kier alpha value is -0.520. The minimum Gasteiger partial charge on any atom is -0.327 e. The summed E-state index contributed by atoms with van der Waals surface area (Å²) in [6.45, 7) is 0. The molecule has 0 aliphatic heterocycles. The molecule has 0 heterocycles. The molecule has 0 amide bonds. The van der Waals surface area contributed by atoms with Crippen molar-refractivity contribution in [3.8, 4) is 0 Å². The van der Waals surface area contributed by atoms with Crippen molar-refractivity contribution in [1.29, 1.82) is 0 Å². The van der Waals surface area contributed by atoms with Crippen molar-refractivity contribution in [2.75, 3.05) is 12.0 Å². The van der Waals surface area contributed by atoms with Gasteiger partial charge in [0.25, 0.3) is 0 Å². The van der Waals surface area contributed by atoms with Crippen LogP contribution in [0.1, 0.15) is 25.7 Å². The van der Waals surface area contributed by atoms with Crippen molar-refractivity contribution in [1.82, 2.24) is 0 Å². The molecule has 3 unspecified atom stereocenters. The van der Waals surface area contributed by atoms with Crippen LogP contribution in [-0.2, 0) is 9.84 Å². The van der Waals surface area contributed by atoms with Gasteiger partial charge in [-0.3, -0.25) is 0 Å². The van der Waals surface area contributed by atoms with Crippen molar-refractivity contribution < 1.29 is 8.42 Å². The molecule has 1 aromatic rings. The van der Waals surface area contributed by atoms with Crippen molar-refractivity contribution in [3.05, 3.63) is 30.3 Å². The Morgan fingerprint density at radius 3 is 2.65 bits per heavy atom. The Balaban J connectivity index is 1.87. The molecule has 0 bridgehead atoms. The van der Waals surface area contributed by atoms with E-state index in [2.05, 4.69) is 12.1 Å². The predicted octanol–water partition coefficient (Wildman–Crippen LogP) is 2.71. The van der Waals surface area contributed by atoms with E-state index in [4.69, 9.17) is 5.73 Å². The fourth-order valence-corrected chi connectivity index (χ4v) is 5.00. The molecule has 0 radical (unpaired) electrons. The highest BCUT2D eigenvalue weighted by atomic mass is 32.2. The molecule has 0 aromatic heterocycles. The summed E-state index contributed by atoms with van der Waals surface area (Å²) >= 11 is 1.76. The molecule has 1 aliphatic carbocycles.